The molecule has 0 aliphatic rings. The molecule has 3 heterocycles. The van der Waals surface area contributed by atoms with E-state index in [-0.39, 0.29) is 0 Å². The molecule has 18 heavy (non-hydrogen) atoms. The first-order valence-electron chi connectivity index (χ1n) is 5.68. The van der Waals surface area contributed by atoms with E-state index in [4.69, 9.17) is 0 Å². The Hall–Kier alpha value is -1.95. The highest BCUT2D eigenvalue weighted by Crippen LogP contribution is 2.16. The van der Waals surface area contributed by atoms with Crippen molar-refractivity contribution in [1.29, 1.82) is 0 Å². The first kappa shape index (κ1) is 11.2. The number of nitrogens with zero attached hydrogens (tertiary/aromatic N) is 4. The van der Waals surface area contributed by atoms with Crippen LogP contribution in [0, 0.1) is 13.8 Å². The molecule has 0 unspecified atom stereocenters. The van der Waals surface area contributed by atoms with Gasteiger partial charge >= 0.3 is 0 Å². The van der Waals surface area contributed by atoms with Crippen LogP contribution in [0.4, 0.5) is 5.82 Å². The third-order valence-electron chi connectivity index (χ3n) is 2.64. The molecule has 6 heteroatoms. The van der Waals surface area contributed by atoms with Crippen molar-refractivity contribution in [3.63, 3.8) is 0 Å². The van der Waals surface area contributed by atoms with Crippen molar-refractivity contribution in [3.05, 3.63) is 40.1 Å². The molecule has 5 nitrogen and oxygen atoms in total. The smallest absolute Gasteiger partial charge is 0.157 e. The Balaban J connectivity index is 1.87. The van der Waals surface area contributed by atoms with Crippen molar-refractivity contribution < 1.29 is 0 Å². The molecule has 0 amide bonds. The molecule has 3 aromatic rings. The van der Waals surface area contributed by atoms with Gasteiger partial charge in [-0.15, -0.1) is 11.3 Å². The summed E-state index contributed by atoms with van der Waals surface area (Å²) in [5.74, 6) is 0.952. The zero-order chi connectivity index (χ0) is 12.5. The Bertz CT molecular complexity index is 685. The van der Waals surface area contributed by atoms with Crippen LogP contribution in [0.2, 0.25) is 0 Å². The van der Waals surface area contributed by atoms with Crippen molar-refractivity contribution in [2.75, 3.05) is 5.32 Å². The number of hydrogen-bond acceptors (Lipinski definition) is 5. The van der Waals surface area contributed by atoms with Gasteiger partial charge in [0, 0.05) is 11.1 Å². The van der Waals surface area contributed by atoms with Gasteiger partial charge in [-0.25, -0.2) is 9.97 Å². The lowest BCUT2D eigenvalue weighted by atomic mass is 10.3. The van der Waals surface area contributed by atoms with E-state index in [9.17, 15) is 0 Å². The number of aryl methyl sites for hydroxylation is 2. The monoisotopic (exact) mass is 259 g/mol. The molecule has 1 N–H and O–H groups in total. The van der Waals surface area contributed by atoms with Crippen LogP contribution in [0.25, 0.3) is 5.65 Å². The number of hydrogen-bond donors (Lipinski definition) is 1. The van der Waals surface area contributed by atoms with E-state index in [0.717, 1.165) is 23.0 Å². The van der Waals surface area contributed by atoms with Crippen LogP contribution in [0.5, 0.6) is 0 Å². The molecule has 0 saturated heterocycles. The van der Waals surface area contributed by atoms with Crippen molar-refractivity contribution in [1.82, 2.24) is 19.6 Å². The molecule has 0 bridgehead atoms. The second-order valence-electron chi connectivity index (χ2n) is 4.15. The van der Waals surface area contributed by atoms with Gasteiger partial charge in [0.25, 0.3) is 0 Å². The van der Waals surface area contributed by atoms with E-state index in [0.29, 0.717) is 0 Å². The molecule has 0 spiro atoms. The number of rotatable bonds is 3. The largest absolute Gasteiger partial charge is 0.365 e. The lowest BCUT2D eigenvalue weighted by Crippen LogP contribution is -2.04. The lowest BCUT2D eigenvalue weighted by molar-refractivity contribution is 0.943. The van der Waals surface area contributed by atoms with Crippen LogP contribution in [-0.2, 0) is 6.54 Å². The number of anilines is 1. The Morgan fingerprint density at radius 2 is 2.17 bits per heavy atom. The highest BCUT2D eigenvalue weighted by atomic mass is 32.1. The van der Waals surface area contributed by atoms with Gasteiger partial charge in [0.05, 0.1) is 11.6 Å². The van der Waals surface area contributed by atoms with Gasteiger partial charge in [-0.2, -0.15) is 9.61 Å². The normalized spacial score (nSPS) is 11.0. The van der Waals surface area contributed by atoms with E-state index in [1.54, 1.807) is 22.2 Å². The Morgan fingerprint density at radius 1 is 1.28 bits per heavy atom. The van der Waals surface area contributed by atoms with Crippen molar-refractivity contribution in [3.8, 4) is 0 Å². The summed E-state index contributed by atoms with van der Waals surface area (Å²) in [7, 11) is 0. The number of thiazole rings is 1. The molecule has 3 rings (SSSR count). The maximum atomic E-state index is 4.24. The fourth-order valence-corrected chi connectivity index (χ4v) is 2.58. The zero-order valence-electron chi connectivity index (χ0n) is 10.2. The summed E-state index contributed by atoms with van der Waals surface area (Å²) >= 11 is 1.70. The summed E-state index contributed by atoms with van der Waals surface area (Å²) in [6.07, 6.45) is 3.47. The second-order valence-corrected chi connectivity index (χ2v) is 5.47. The van der Waals surface area contributed by atoms with Crippen LogP contribution in [0.15, 0.2) is 24.7 Å². The topological polar surface area (TPSA) is 55.1 Å². The maximum absolute atomic E-state index is 4.24. The highest BCUT2D eigenvalue weighted by Gasteiger charge is 2.04. The number of pyridine rings is 1. The molecule has 0 aromatic carbocycles. The predicted octanol–water partition coefficient (Wildman–Crippen LogP) is 2.41. The van der Waals surface area contributed by atoms with E-state index in [1.165, 1.54) is 10.4 Å². The van der Waals surface area contributed by atoms with Gasteiger partial charge in [0.1, 0.15) is 12.1 Å². The van der Waals surface area contributed by atoms with E-state index >= 15 is 0 Å². The fourth-order valence-electron chi connectivity index (χ4n) is 1.85. The minimum Gasteiger partial charge on any atom is -0.365 e. The van der Waals surface area contributed by atoms with Gasteiger partial charge in [0.15, 0.2) is 5.65 Å². The molecular weight excluding hydrogens is 246 g/mol. The number of fused-ring (bicyclic) bond motifs is 1. The average molecular weight is 259 g/mol. The van der Waals surface area contributed by atoms with Gasteiger partial charge in [-0.05, 0) is 31.5 Å². The maximum Gasteiger partial charge on any atom is 0.157 e. The quantitative estimate of drug-likeness (QED) is 0.784. The van der Waals surface area contributed by atoms with E-state index in [1.807, 2.05) is 19.2 Å². The number of nitrogens with one attached hydrogen (secondary N) is 1. The van der Waals surface area contributed by atoms with E-state index < -0.39 is 0 Å². The van der Waals surface area contributed by atoms with Gasteiger partial charge in [0.2, 0.25) is 0 Å². The lowest BCUT2D eigenvalue weighted by Gasteiger charge is -2.07. The highest BCUT2D eigenvalue weighted by molar-refractivity contribution is 7.11. The summed E-state index contributed by atoms with van der Waals surface area (Å²) in [6, 6.07) is 4.07. The van der Waals surface area contributed by atoms with Gasteiger partial charge < -0.3 is 5.32 Å². The predicted molar refractivity (Wildman–Crippen MR) is 71.9 cm³/mol. The minimum absolute atomic E-state index is 0.754. The summed E-state index contributed by atoms with van der Waals surface area (Å²) in [5.41, 5.74) is 2.02. The molecule has 3 aromatic heterocycles. The van der Waals surface area contributed by atoms with E-state index in [2.05, 4.69) is 33.4 Å². The van der Waals surface area contributed by atoms with Gasteiger partial charge in [-0.3, -0.25) is 0 Å². The third kappa shape index (κ3) is 2.06. The average Bonchev–Trinajstić information content (AvgIpc) is 2.94. The van der Waals surface area contributed by atoms with Crippen LogP contribution in [0.1, 0.15) is 15.4 Å². The standard InChI is InChI=1S/C12H13N5S/c1-8-3-11(17-12(4-8)15-7-16-17)14-6-10-5-13-9(2)18-10/h3-5,7,14H,6H2,1-2H3. The SMILES string of the molecule is Cc1cc(NCc2cnc(C)s2)n2ncnc2c1. The Labute approximate surface area is 109 Å². The van der Waals surface area contributed by atoms with Gasteiger partial charge in [-0.1, -0.05) is 0 Å². The summed E-state index contributed by atoms with van der Waals surface area (Å²) in [4.78, 5) is 9.65. The van der Waals surface area contributed by atoms with Crippen LogP contribution < -0.4 is 5.32 Å². The number of aromatic nitrogens is 4. The minimum atomic E-state index is 0.754. The summed E-state index contributed by atoms with van der Waals surface area (Å²) in [6.45, 7) is 4.82. The molecule has 0 aliphatic heterocycles. The third-order valence-corrected chi connectivity index (χ3v) is 3.55. The van der Waals surface area contributed by atoms with Crippen molar-refractivity contribution in [2.45, 2.75) is 20.4 Å². The molecular formula is C12H13N5S. The molecule has 0 aliphatic carbocycles. The summed E-state index contributed by atoms with van der Waals surface area (Å²) in [5, 5.41) is 8.67. The Morgan fingerprint density at radius 3 is 2.94 bits per heavy atom. The summed E-state index contributed by atoms with van der Waals surface area (Å²) < 4.78 is 1.81. The first-order chi connectivity index (χ1) is 8.72. The Kier molecular flexibility index (Phi) is 2.71. The molecule has 92 valence electrons. The second kappa shape index (κ2) is 4.38. The van der Waals surface area contributed by atoms with Crippen molar-refractivity contribution >= 4 is 22.8 Å². The molecule has 0 fully saturated rings. The molecule has 0 radical (unpaired) electrons. The van der Waals surface area contributed by atoms with Crippen LogP contribution in [0.3, 0.4) is 0 Å². The van der Waals surface area contributed by atoms with Crippen molar-refractivity contribution in [2.24, 2.45) is 0 Å². The fraction of sp³-hybridized carbons (Fsp3) is 0.250. The molecule has 0 atom stereocenters. The van der Waals surface area contributed by atoms with Crippen LogP contribution in [-0.4, -0.2) is 19.6 Å². The van der Waals surface area contributed by atoms with Crippen LogP contribution >= 0.6 is 11.3 Å². The molecule has 0 saturated carbocycles. The zero-order valence-corrected chi connectivity index (χ0v) is 11.0. The first-order valence-corrected chi connectivity index (χ1v) is 6.49.